The molecule has 0 spiro atoms. The van der Waals surface area contributed by atoms with Gasteiger partial charge in [-0.2, -0.15) is 0 Å². The summed E-state index contributed by atoms with van der Waals surface area (Å²) in [5.74, 6) is 2.26. The molecule has 1 saturated heterocycles. The van der Waals surface area contributed by atoms with Gasteiger partial charge in [0.05, 0.1) is 13.2 Å². The quantitative estimate of drug-likeness (QED) is 0.621. The Kier molecular flexibility index (Phi) is 6.49. The Hall–Kier alpha value is -2.33. The number of carbonyl (C=O) groups excluding carboxylic acids is 1. The van der Waals surface area contributed by atoms with E-state index < -0.39 is 0 Å². The predicted molar refractivity (Wildman–Crippen MR) is 128 cm³/mol. The van der Waals surface area contributed by atoms with Crippen LogP contribution in [0, 0.1) is 5.92 Å². The van der Waals surface area contributed by atoms with Crippen molar-refractivity contribution in [2.75, 3.05) is 13.7 Å². The van der Waals surface area contributed by atoms with Crippen LogP contribution in [0.5, 0.6) is 5.75 Å². The molecule has 2 saturated carbocycles. The molecule has 2 aliphatic carbocycles. The number of ether oxygens (including phenoxy) is 1. The molecule has 3 aliphatic rings. The molecule has 4 nitrogen and oxygen atoms in total. The number of benzene rings is 2. The first-order chi connectivity index (χ1) is 15.7. The fourth-order valence-corrected chi connectivity index (χ4v) is 5.75. The van der Waals surface area contributed by atoms with Gasteiger partial charge in [-0.25, -0.2) is 0 Å². The SMILES string of the molecule is COc1ccc(C2CC2)cc1CNC1CCN(C(=O)C2CCCCC2)C1c1ccccc1. The maximum Gasteiger partial charge on any atom is 0.226 e. The van der Waals surface area contributed by atoms with E-state index in [1.165, 1.54) is 48.8 Å². The third kappa shape index (κ3) is 4.56. The number of hydrogen-bond donors (Lipinski definition) is 1. The second-order valence-electron chi connectivity index (χ2n) is 9.84. The molecular formula is C28H36N2O2. The van der Waals surface area contributed by atoms with E-state index in [1.54, 1.807) is 7.11 Å². The summed E-state index contributed by atoms with van der Waals surface area (Å²) >= 11 is 0. The van der Waals surface area contributed by atoms with Crippen LogP contribution in [0.25, 0.3) is 0 Å². The molecule has 4 heteroatoms. The number of methoxy groups -OCH3 is 1. The van der Waals surface area contributed by atoms with Crippen LogP contribution in [0.3, 0.4) is 0 Å². The molecule has 2 aromatic carbocycles. The zero-order valence-electron chi connectivity index (χ0n) is 19.3. The van der Waals surface area contributed by atoms with Crippen molar-refractivity contribution in [2.45, 2.75) is 75.9 Å². The fraction of sp³-hybridized carbons (Fsp3) is 0.536. The number of nitrogens with one attached hydrogen (secondary N) is 1. The van der Waals surface area contributed by atoms with Crippen molar-refractivity contribution in [1.29, 1.82) is 0 Å². The van der Waals surface area contributed by atoms with Crippen molar-refractivity contribution < 1.29 is 9.53 Å². The minimum atomic E-state index is 0.100. The molecule has 1 N–H and O–H groups in total. The third-order valence-electron chi connectivity index (χ3n) is 7.68. The molecule has 1 aliphatic heterocycles. The van der Waals surface area contributed by atoms with Gasteiger partial charge in [0, 0.05) is 30.6 Å². The first-order valence-electron chi connectivity index (χ1n) is 12.5. The Morgan fingerprint density at radius 3 is 2.47 bits per heavy atom. The van der Waals surface area contributed by atoms with Crippen LogP contribution >= 0.6 is 0 Å². The van der Waals surface area contributed by atoms with E-state index in [-0.39, 0.29) is 18.0 Å². The molecule has 2 aromatic rings. The first-order valence-corrected chi connectivity index (χ1v) is 12.5. The molecule has 1 amide bonds. The number of nitrogens with zero attached hydrogens (tertiary/aromatic N) is 1. The summed E-state index contributed by atoms with van der Waals surface area (Å²) in [4.78, 5) is 15.7. The summed E-state index contributed by atoms with van der Waals surface area (Å²) in [7, 11) is 1.75. The lowest BCUT2D eigenvalue weighted by Gasteiger charge is -2.33. The molecule has 0 bridgehead atoms. The zero-order chi connectivity index (χ0) is 21.9. The first kappa shape index (κ1) is 21.5. The minimum absolute atomic E-state index is 0.100. The molecule has 5 rings (SSSR count). The average molecular weight is 433 g/mol. The van der Waals surface area contributed by atoms with Crippen molar-refractivity contribution in [3.63, 3.8) is 0 Å². The second kappa shape index (κ2) is 9.66. The summed E-state index contributed by atoms with van der Waals surface area (Å²) in [6.07, 6.45) is 9.37. The lowest BCUT2D eigenvalue weighted by molar-refractivity contribution is -0.137. The van der Waals surface area contributed by atoms with Gasteiger partial charge >= 0.3 is 0 Å². The maximum absolute atomic E-state index is 13.5. The highest BCUT2D eigenvalue weighted by Gasteiger charge is 2.40. The van der Waals surface area contributed by atoms with Crippen molar-refractivity contribution in [2.24, 2.45) is 5.92 Å². The number of rotatable bonds is 7. The topological polar surface area (TPSA) is 41.6 Å². The van der Waals surface area contributed by atoms with Crippen LogP contribution in [-0.2, 0) is 11.3 Å². The lowest BCUT2D eigenvalue weighted by Crippen LogP contribution is -2.41. The van der Waals surface area contributed by atoms with E-state index in [9.17, 15) is 4.79 Å². The van der Waals surface area contributed by atoms with Crippen molar-refractivity contribution in [3.8, 4) is 5.75 Å². The van der Waals surface area contributed by atoms with Gasteiger partial charge in [-0.1, -0.05) is 61.7 Å². The summed E-state index contributed by atoms with van der Waals surface area (Å²) in [6, 6.07) is 17.6. The molecule has 32 heavy (non-hydrogen) atoms. The van der Waals surface area contributed by atoms with Gasteiger partial charge < -0.3 is 15.0 Å². The molecule has 1 heterocycles. The van der Waals surface area contributed by atoms with E-state index in [1.807, 2.05) is 0 Å². The molecule has 0 radical (unpaired) electrons. The highest BCUT2D eigenvalue weighted by Crippen LogP contribution is 2.41. The summed E-state index contributed by atoms with van der Waals surface area (Å²) in [5.41, 5.74) is 3.90. The normalized spacial score (nSPS) is 24.0. The van der Waals surface area contributed by atoms with Crippen molar-refractivity contribution in [3.05, 3.63) is 65.2 Å². The van der Waals surface area contributed by atoms with E-state index in [0.717, 1.165) is 44.0 Å². The van der Waals surface area contributed by atoms with Crippen molar-refractivity contribution >= 4 is 5.91 Å². The van der Waals surface area contributed by atoms with Crippen LogP contribution < -0.4 is 10.1 Å². The second-order valence-corrected chi connectivity index (χ2v) is 9.84. The fourth-order valence-electron chi connectivity index (χ4n) is 5.75. The number of hydrogen-bond acceptors (Lipinski definition) is 3. The van der Waals surface area contributed by atoms with Crippen LogP contribution in [0.2, 0.25) is 0 Å². The molecule has 2 atom stereocenters. The monoisotopic (exact) mass is 432 g/mol. The van der Waals surface area contributed by atoms with Crippen molar-refractivity contribution in [1.82, 2.24) is 10.2 Å². The van der Waals surface area contributed by atoms with Gasteiger partial charge in [0.25, 0.3) is 0 Å². The highest BCUT2D eigenvalue weighted by atomic mass is 16.5. The van der Waals surface area contributed by atoms with Crippen LogP contribution in [0.1, 0.15) is 80.0 Å². The molecule has 3 fully saturated rings. The van der Waals surface area contributed by atoms with E-state index in [0.29, 0.717) is 5.91 Å². The number of likely N-dealkylation sites (tertiary alicyclic amines) is 1. The number of amides is 1. The Morgan fingerprint density at radius 1 is 0.969 bits per heavy atom. The van der Waals surface area contributed by atoms with Gasteiger partial charge in [0.2, 0.25) is 5.91 Å². The number of carbonyl (C=O) groups is 1. The van der Waals surface area contributed by atoms with Crippen LogP contribution in [-0.4, -0.2) is 30.5 Å². The molecule has 170 valence electrons. The van der Waals surface area contributed by atoms with Gasteiger partial charge in [0.15, 0.2) is 0 Å². The largest absolute Gasteiger partial charge is 0.496 e. The Bertz CT molecular complexity index is 918. The minimum Gasteiger partial charge on any atom is -0.496 e. The lowest BCUT2D eigenvalue weighted by atomic mass is 9.87. The third-order valence-corrected chi connectivity index (χ3v) is 7.68. The van der Waals surface area contributed by atoms with E-state index in [4.69, 9.17) is 4.74 Å². The Morgan fingerprint density at radius 2 is 1.75 bits per heavy atom. The predicted octanol–water partition coefficient (Wildman–Crippen LogP) is 5.58. The maximum atomic E-state index is 13.5. The van der Waals surface area contributed by atoms with Gasteiger partial charge in [0.1, 0.15) is 5.75 Å². The van der Waals surface area contributed by atoms with Crippen LogP contribution in [0.15, 0.2) is 48.5 Å². The highest BCUT2D eigenvalue weighted by molar-refractivity contribution is 5.80. The van der Waals surface area contributed by atoms with Gasteiger partial charge in [-0.05, 0) is 55.2 Å². The van der Waals surface area contributed by atoms with E-state index >= 15 is 0 Å². The molecule has 2 unspecified atom stereocenters. The Labute approximate surface area is 192 Å². The van der Waals surface area contributed by atoms with Gasteiger partial charge in [-0.3, -0.25) is 4.79 Å². The molecular weight excluding hydrogens is 396 g/mol. The zero-order valence-corrected chi connectivity index (χ0v) is 19.3. The summed E-state index contributed by atoms with van der Waals surface area (Å²) < 4.78 is 5.66. The Balaban J connectivity index is 1.35. The standard InChI is InChI=1S/C28H36N2O2/c1-32-26-15-14-23(20-12-13-20)18-24(26)19-29-25-16-17-30(27(25)21-8-4-2-5-9-21)28(31)22-10-6-3-7-11-22/h2,4-5,8-9,14-15,18,20,22,25,27,29H,3,6-7,10-13,16-17,19H2,1H3. The summed E-state index contributed by atoms with van der Waals surface area (Å²) in [6.45, 7) is 1.61. The summed E-state index contributed by atoms with van der Waals surface area (Å²) in [5, 5.41) is 3.82. The van der Waals surface area contributed by atoms with Crippen LogP contribution in [0.4, 0.5) is 0 Å². The molecule has 0 aromatic heterocycles. The average Bonchev–Trinajstić information content (AvgIpc) is 3.62. The smallest absolute Gasteiger partial charge is 0.226 e. The van der Waals surface area contributed by atoms with Gasteiger partial charge in [-0.15, -0.1) is 0 Å². The van der Waals surface area contributed by atoms with E-state index in [2.05, 4.69) is 58.7 Å².